The van der Waals surface area contributed by atoms with E-state index in [0.717, 1.165) is 4.90 Å². The molecule has 0 saturated carbocycles. The summed E-state index contributed by atoms with van der Waals surface area (Å²) in [5, 5.41) is 3.93. The van der Waals surface area contributed by atoms with E-state index in [9.17, 15) is 4.79 Å². The van der Waals surface area contributed by atoms with Crippen LogP contribution in [0.4, 0.5) is 11.4 Å². The predicted octanol–water partition coefficient (Wildman–Crippen LogP) is 4.31. The summed E-state index contributed by atoms with van der Waals surface area (Å²) in [7, 11) is 0. The van der Waals surface area contributed by atoms with Crippen molar-refractivity contribution in [2.24, 2.45) is 0 Å². The van der Waals surface area contributed by atoms with Gasteiger partial charge in [-0.25, -0.2) is 0 Å². The highest BCUT2D eigenvalue weighted by molar-refractivity contribution is 8.00. The number of hydrogen-bond acceptors (Lipinski definition) is 3. The van der Waals surface area contributed by atoms with Gasteiger partial charge in [-0.05, 0) is 36.4 Å². The van der Waals surface area contributed by atoms with Crippen molar-refractivity contribution in [2.75, 3.05) is 16.8 Å². The second-order valence-electron chi connectivity index (χ2n) is 4.04. The van der Waals surface area contributed by atoms with Gasteiger partial charge < -0.3 is 11.1 Å². The van der Waals surface area contributed by atoms with Crippen LogP contribution >= 0.6 is 35.0 Å². The zero-order valence-electron chi connectivity index (χ0n) is 10.4. The molecule has 0 saturated heterocycles. The number of rotatable bonds is 4. The van der Waals surface area contributed by atoms with Gasteiger partial charge in [0.2, 0.25) is 5.91 Å². The summed E-state index contributed by atoms with van der Waals surface area (Å²) in [5.41, 5.74) is 6.97. The minimum Gasteiger partial charge on any atom is -0.399 e. The molecule has 1 amide bonds. The molecule has 104 valence electrons. The maximum Gasteiger partial charge on any atom is 0.234 e. The molecule has 2 rings (SSSR count). The van der Waals surface area contributed by atoms with Crippen LogP contribution in [0.1, 0.15) is 0 Å². The molecule has 0 unspecified atom stereocenters. The Morgan fingerprint density at radius 2 is 2.00 bits per heavy atom. The second kappa shape index (κ2) is 6.88. The van der Waals surface area contributed by atoms with Crippen LogP contribution in [0.5, 0.6) is 0 Å². The average molecular weight is 327 g/mol. The molecule has 0 aliphatic heterocycles. The Kier molecular flexibility index (Phi) is 5.17. The van der Waals surface area contributed by atoms with E-state index < -0.39 is 0 Å². The van der Waals surface area contributed by atoms with E-state index in [1.165, 1.54) is 11.8 Å². The number of thioether (sulfide) groups is 1. The molecule has 0 radical (unpaired) electrons. The Labute approximate surface area is 131 Å². The predicted molar refractivity (Wildman–Crippen MR) is 86.7 cm³/mol. The molecule has 2 aromatic rings. The number of hydrogen-bond donors (Lipinski definition) is 2. The summed E-state index contributed by atoms with van der Waals surface area (Å²) in [5.74, 6) is 0.117. The van der Waals surface area contributed by atoms with E-state index in [1.54, 1.807) is 42.5 Å². The summed E-state index contributed by atoms with van der Waals surface area (Å²) in [6.07, 6.45) is 0. The number of nitrogen functional groups attached to an aromatic ring is 1. The zero-order valence-corrected chi connectivity index (χ0v) is 12.7. The number of amides is 1. The molecule has 20 heavy (non-hydrogen) atoms. The third-order valence-electron chi connectivity index (χ3n) is 2.42. The normalized spacial score (nSPS) is 10.3. The standard InChI is InChI=1S/C14H12Cl2N2OS/c15-9-2-1-3-11(6-9)18-14(19)8-20-13-7-10(17)4-5-12(13)16/h1-7H,8,17H2,(H,18,19). The molecular weight excluding hydrogens is 315 g/mol. The lowest BCUT2D eigenvalue weighted by molar-refractivity contribution is -0.113. The quantitative estimate of drug-likeness (QED) is 0.650. The highest BCUT2D eigenvalue weighted by Gasteiger charge is 2.07. The van der Waals surface area contributed by atoms with Crippen molar-refractivity contribution in [2.45, 2.75) is 4.90 Å². The van der Waals surface area contributed by atoms with Gasteiger partial charge in [0.15, 0.2) is 0 Å². The van der Waals surface area contributed by atoms with E-state index in [0.29, 0.717) is 21.4 Å². The number of benzene rings is 2. The van der Waals surface area contributed by atoms with Crippen molar-refractivity contribution in [3.63, 3.8) is 0 Å². The number of nitrogens with one attached hydrogen (secondary N) is 1. The molecule has 0 aliphatic rings. The molecule has 6 heteroatoms. The van der Waals surface area contributed by atoms with Crippen molar-refractivity contribution in [3.8, 4) is 0 Å². The fraction of sp³-hybridized carbons (Fsp3) is 0.0714. The number of anilines is 2. The van der Waals surface area contributed by atoms with Crippen LogP contribution in [0.2, 0.25) is 10.0 Å². The number of halogens is 2. The Balaban J connectivity index is 1.94. The lowest BCUT2D eigenvalue weighted by Crippen LogP contribution is -2.13. The SMILES string of the molecule is Nc1ccc(Cl)c(SCC(=O)Nc2cccc(Cl)c2)c1. The van der Waals surface area contributed by atoms with Gasteiger partial charge in [-0.15, -0.1) is 11.8 Å². The van der Waals surface area contributed by atoms with Crippen LogP contribution in [0.25, 0.3) is 0 Å². The first-order valence-corrected chi connectivity index (χ1v) is 7.52. The van der Waals surface area contributed by atoms with Crippen molar-refractivity contribution in [1.82, 2.24) is 0 Å². The number of nitrogens with two attached hydrogens (primary N) is 1. The maximum atomic E-state index is 11.8. The van der Waals surface area contributed by atoms with Crippen molar-refractivity contribution in [3.05, 3.63) is 52.5 Å². The minimum atomic E-state index is -0.129. The van der Waals surface area contributed by atoms with Gasteiger partial charge in [0.25, 0.3) is 0 Å². The van der Waals surface area contributed by atoms with Crippen LogP contribution in [0.15, 0.2) is 47.4 Å². The topological polar surface area (TPSA) is 55.1 Å². The molecule has 3 nitrogen and oxygen atoms in total. The van der Waals surface area contributed by atoms with Gasteiger partial charge in [0.1, 0.15) is 0 Å². The fourth-order valence-electron chi connectivity index (χ4n) is 1.54. The largest absolute Gasteiger partial charge is 0.399 e. The summed E-state index contributed by atoms with van der Waals surface area (Å²) in [4.78, 5) is 12.6. The van der Waals surface area contributed by atoms with Crippen LogP contribution in [-0.4, -0.2) is 11.7 Å². The third-order valence-corrected chi connectivity index (χ3v) is 4.15. The number of carbonyl (C=O) groups excluding carboxylic acids is 1. The molecule has 2 aromatic carbocycles. The molecule has 3 N–H and O–H groups in total. The average Bonchev–Trinajstić information content (AvgIpc) is 2.40. The Hall–Kier alpha value is -1.36. The zero-order chi connectivity index (χ0) is 14.5. The lowest BCUT2D eigenvalue weighted by Gasteiger charge is -2.07. The molecule has 0 aliphatic carbocycles. The van der Waals surface area contributed by atoms with E-state index in [1.807, 2.05) is 0 Å². The monoisotopic (exact) mass is 326 g/mol. The van der Waals surface area contributed by atoms with E-state index in [-0.39, 0.29) is 11.7 Å². The van der Waals surface area contributed by atoms with E-state index in [2.05, 4.69) is 5.32 Å². The minimum absolute atomic E-state index is 0.129. The lowest BCUT2D eigenvalue weighted by atomic mass is 10.3. The summed E-state index contributed by atoms with van der Waals surface area (Å²) >= 11 is 13.2. The summed E-state index contributed by atoms with van der Waals surface area (Å²) in [6.45, 7) is 0. The van der Waals surface area contributed by atoms with Crippen LogP contribution < -0.4 is 11.1 Å². The molecule has 0 atom stereocenters. The van der Waals surface area contributed by atoms with Gasteiger partial charge >= 0.3 is 0 Å². The molecule has 0 bridgehead atoms. The maximum absolute atomic E-state index is 11.8. The van der Waals surface area contributed by atoms with Crippen LogP contribution in [0.3, 0.4) is 0 Å². The highest BCUT2D eigenvalue weighted by Crippen LogP contribution is 2.29. The van der Waals surface area contributed by atoms with Gasteiger partial charge in [0, 0.05) is 21.3 Å². The first-order valence-electron chi connectivity index (χ1n) is 5.78. The van der Waals surface area contributed by atoms with Gasteiger partial charge in [-0.2, -0.15) is 0 Å². The molecule has 0 fully saturated rings. The molecule has 0 heterocycles. The smallest absolute Gasteiger partial charge is 0.234 e. The summed E-state index contributed by atoms with van der Waals surface area (Å²) in [6, 6.07) is 12.2. The van der Waals surface area contributed by atoms with Crippen LogP contribution in [-0.2, 0) is 4.79 Å². The molecule has 0 aromatic heterocycles. The summed E-state index contributed by atoms with van der Waals surface area (Å²) < 4.78 is 0. The fourth-order valence-corrected chi connectivity index (χ4v) is 2.79. The third kappa shape index (κ3) is 4.34. The van der Waals surface area contributed by atoms with Gasteiger partial charge in [0.05, 0.1) is 10.8 Å². The van der Waals surface area contributed by atoms with Crippen molar-refractivity contribution < 1.29 is 4.79 Å². The van der Waals surface area contributed by atoms with Crippen LogP contribution in [0, 0.1) is 0 Å². The van der Waals surface area contributed by atoms with Crippen molar-refractivity contribution in [1.29, 1.82) is 0 Å². The first kappa shape index (κ1) is 15.0. The van der Waals surface area contributed by atoms with Crippen molar-refractivity contribution >= 4 is 52.2 Å². The second-order valence-corrected chi connectivity index (χ2v) is 5.90. The van der Waals surface area contributed by atoms with E-state index >= 15 is 0 Å². The molecule has 0 spiro atoms. The van der Waals surface area contributed by atoms with Gasteiger partial charge in [-0.3, -0.25) is 4.79 Å². The number of carbonyl (C=O) groups is 1. The first-order chi connectivity index (χ1) is 9.54. The molecular formula is C14H12Cl2N2OS. The Morgan fingerprint density at radius 3 is 2.75 bits per heavy atom. The Bertz CT molecular complexity index is 634. The Morgan fingerprint density at radius 1 is 1.20 bits per heavy atom. The highest BCUT2D eigenvalue weighted by atomic mass is 35.5. The van der Waals surface area contributed by atoms with E-state index in [4.69, 9.17) is 28.9 Å². The van der Waals surface area contributed by atoms with Gasteiger partial charge in [-0.1, -0.05) is 29.3 Å².